The van der Waals surface area contributed by atoms with Gasteiger partial charge in [-0.05, 0) is 130 Å². The van der Waals surface area contributed by atoms with E-state index in [2.05, 4.69) is 0 Å². The number of hydrogen-bond acceptors (Lipinski definition) is 7. The van der Waals surface area contributed by atoms with E-state index in [1.807, 2.05) is 120 Å². The number of aromatic carboxylic acids is 1. The van der Waals surface area contributed by atoms with Crippen molar-refractivity contribution in [1.82, 2.24) is 10.1 Å². The molecule has 0 radical (unpaired) electrons. The molecule has 4 aromatic carbocycles. The first-order valence-electron chi connectivity index (χ1n) is 17.5. The molecular weight excluding hydrogens is 770 g/mol. The van der Waals surface area contributed by atoms with Crippen LogP contribution in [0.5, 0.6) is 0 Å². The predicted octanol–water partition coefficient (Wildman–Crippen LogP) is 11.7. The van der Waals surface area contributed by atoms with Crippen molar-refractivity contribution in [1.29, 1.82) is 0 Å². The Morgan fingerprint density at radius 1 is 0.685 bits per heavy atom. The molecule has 4 unspecified atom stereocenters. The average molecular weight is 817 g/mol. The van der Waals surface area contributed by atoms with E-state index in [1.165, 1.54) is 0 Å². The minimum atomic E-state index is -0.918. The fourth-order valence-electron chi connectivity index (χ4n) is 7.14. The number of esters is 1. The largest absolute Gasteiger partial charge is 0.478 e. The van der Waals surface area contributed by atoms with Crippen LogP contribution in [0.1, 0.15) is 114 Å². The van der Waals surface area contributed by atoms with Crippen molar-refractivity contribution < 1.29 is 29.1 Å². The van der Waals surface area contributed by atoms with Gasteiger partial charge in [0.05, 0.1) is 23.2 Å². The number of aryl methyl sites for hydroxylation is 2. The molecule has 4 aromatic rings. The number of carbonyl (C=O) groups is 2. The Hall–Kier alpha value is -3.18. The van der Waals surface area contributed by atoms with Crippen molar-refractivity contribution in [3.8, 4) is 0 Å². The summed E-state index contributed by atoms with van der Waals surface area (Å²) < 4.78 is 5.51. The lowest BCUT2D eigenvalue weighted by Crippen LogP contribution is -2.24. The summed E-state index contributed by atoms with van der Waals surface area (Å²) in [6, 6.07) is 22.2. The fraction of sp³-hybridized carbons (Fsp3) is 0.381. The van der Waals surface area contributed by atoms with Gasteiger partial charge in [0.25, 0.3) is 0 Å². The molecule has 0 amide bonds. The van der Waals surface area contributed by atoms with Crippen LogP contribution in [0.4, 0.5) is 0 Å². The second-order valence-electron chi connectivity index (χ2n) is 15.4. The maximum absolute atomic E-state index is 12.4. The number of carboxylic acids is 1. The molecule has 12 heteroatoms. The smallest absolute Gasteiger partial charge is 0.338 e. The summed E-state index contributed by atoms with van der Waals surface area (Å²) in [5.74, 6) is -1.23. The Kier molecular flexibility index (Phi) is 12.5. The van der Waals surface area contributed by atoms with Crippen molar-refractivity contribution in [2.24, 2.45) is 0 Å². The van der Waals surface area contributed by atoms with E-state index in [4.69, 9.17) is 60.8 Å². The van der Waals surface area contributed by atoms with Gasteiger partial charge in [-0.15, -0.1) is 0 Å². The summed E-state index contributed by atoms with van der Waals surface area (Å²) in [7, 11) is 3.79. The second kappa shape index (κ2) is 16.1. The van der Waals surface area contributed by atoms with Gasteiger partial charge in [-0.1, -0.05) is 70.7 Å². The van der Waals surface area contributed by atoms with E-state index in [0.29, 0.717) is 37.6 Å². The van der Waals surface area contributed by atoms with Crippen LogP contribution < -0.4 is 0 Å². The van der Waals surface area contributed by atoms with E-state index in [0.717, 1.165) is 39.8 Å². The molecule has 2 heterocycles. The minimum Gasteiger partial charge on any atom is -0.478 e. The summed E-state index contributed by atoms with van der Waals surface area (Å²) >= 11 is 24.7. The number of rotatable bonds is 6. The second-order valence-corrected chi connectivity index (χ2v) is 17.2. The predicted molar refractivity (Wildman–Crippen MR) is 215 cm³/mol. The first-order valence-corrected chi connectivity index (χ1v) is 19.0. The van der Waals surface area contributed by atoms with Crippen molar-refractivity contribution in [2.45, 2.75) is 90.2 Å². The molecular formula is C42H46Cl4N2O6. The maximum atomic E-state index is 12.4. The van der Waals surface area contributed by atoms with E-state index < -0.39 is 22.8 Å². The highest BCUT2D eigenvalue weighted by Gasteiger charge is 2.44. The van der Waals surface area contributed by atoms with Gasteiger partial charge >= 0.3 is 11.9 Å². The van der Waals surface area contributed by atoms with Gasteiger partial charge in [-0.3, -0.25) is 9.68 Å². The number of hydrogen-bond donors (Lipinski definition) is 1. The van der Waals surface area contributed by atoms with Crippen LogP contribution in [-0.4, -0.2) is 46.9 Å². The molecule has 288 valence electrons. The molecule has 6 rings (SSSR count). The number of benzene rings is 4. The molecule has 8 nitrogen and oxygen atoms in total. The highest BCUT2D eigenvalue weighted by Crippen LogP contribution is 2.48. The molecule has 2 saturated heterocycles. The van der Waals surface area contributed by atoms with Gasteiger partial charge in [-0.25, -0.2) is 9.59 Å². The molecule has 4 atom stereocenters. The quantitative estimate of drug-likeness (QED) is 0.193. The first-order chi connectivity index (χ1) is 25.1. The molecule has 0 spiro atoms. The molecule has 0 aromatic heterocycles. The van der Waals surface area contributed by atoms with E-state index in [9.17, 15) is 14.7 Å². The topological polar surface area (TPSA) is 88.5 Å². The summed E-state index contributed by atoms with van der Waals surface area (Å²) in [5, 5.41) is 15.2. The average Bonchev–Trinajstić information content (AvgIpc) is 3.54. The standard InChI is InChI=1S/C23H27Cl2NO3.C19H19Cl2NO3/c1-14-9-15(7-8-19(14)21(27)28-22(2,3)4)20-13-23(5,29-26(20)6)16-10-17(24)12-18(25)11-16;1-11-6-12(4-5-16(11)18(23)24)17-10-19(2,25-22(17)3)13-7-14(20)9-15(21)8-13/h7-12,20H,13H2,1-6H3;4-9,17H,10H2,1-3H3,(H,23,24). The van der Waals surface area contributed by atoms with E-state index in [-0.39, 0.29) is 18.1 Å². The third-order valence-corrected chi connectivity index (χ3v) is 10.7. The summed E-state index contributed by atoms with van der Waals surface area (Å²) in [6.45, 7) is 13.4. The summed E-state index contributed by atoms with van der Waals surface area (Å²) in [6.07, 6.45) is 1.43. The molecule has 0 aliphatic carbocycles. The lowest BCUT2D eigenvalue weighted by atomic mass is 9.87. The zero-order valence-corrected chi connectivity index (χ0v) is 34.9. The number of halogens is 4. The highest BCUT2D eigenvalue weighted by molar-refractivity contribution is 6.35. The lowest BCUT2D eigenvalue weighted by molar-refractivity contribution is -0.188. The molecule has 2 aliphatic heterocycles. The van der Waals surface area contributed by atoms with Crippen LogP contribution in [0.25, 0.3) is 0 Å². The highest BCUT2D eigenvalue weighted by atomic mass is 35.5. The zero-order chi connectivity index (χ0) is 39.9. The SMILES string of the molecule is Cc1cc(C2CC(C)(c3cc(Cl)cc(Cl)c3)ON2C)ccc1C(=O)O.Cc1cc(C2CC(C)(c3cc(Cl)cc(Cl)c3)ON2C)ccc1C(=O)OC(C)(C)C. The minimum absolute atomic E-state index is 0.00398. The van der Waals surface area contributed by atoms with Crippen molar-refractivity contribution in [3.63, 3.8) is 0 Å². The van der Waals surface area contributed by atoms with Crippen molar-refractivity contribution in [2.75, 3.05) is 14.1 Å². The molecule has 1 N–H and O–H groups in total. The van der Waals surface area contributed by atoms with Crippen LogP contribution in [-0.2, 0) is 25.6 Å². The third-order valence-electron chi connectivity index (χ3n) is 9.80. The number of ether oxygens (including phenoxy) is 1. The molecule has 54 heavy (non-hydrogen) atoms. The van der Waals surface area contributed by atoms with Gasteiger partial charge in [-0.2, -0.15) is 10.1 Å². The number of carbonyl (C=O) groups excluding carboxylic acids is 1. The number of carboxylic acid groups (broad SMARTS) is 1. The monoisotopic (exact) mass is 814 g/mol. The number of hydroxylamine groups is 4. The summed E-state index contributed by atoms with van der Waals surface area (Å²) in [4.78, 5) is 36.0. The van der Waals surface area contributed by atoms with Gasteiger partial charge in [0.1, 0.15) is 16.8 Å². The molecule has 2 aliphatic rings. The lowest BCUT2D eigenvalue weighted by Gasteiger charge is -2.24. The molecule has 2 fully saturated rings. The van der Waals surface area contributed by atoms with Crippen LogP contribution >= 0.6 is 46.4 Å². The Morgan fingerprint density at radius 2 is 1.06 bits per heavy atom. The Balaban J connectivity index is 0.000000210. The Labute approximate surface area is 337 Å². The van der Waals surface area contributed by atoms with Gasteiger partial charge in [0.15, 0.2) is 0 Å². The van der Waals surface area contributed by atoms with E-state index >= 15 is 0 Å². The fourth-order valence-corrected chi connectivity index (χ4v) is 8.19. The maximum Gasteiger partial charge on any atom is 0.338 e. The van der Waals surface area contributed by atoms with Crippen molar-refractivity contribution in [3.05, 3.63) is 137 Å². The molecule has 0 bridgehead atoms. The van der Waals surface area contributed by atoms with Gasteiger partial charge in [0.2, 0.25) is 0 Å². The van der Waals surface area contributed by atoms with Crippen LogP contribution in [0.15, 0.2) is 72.8 Å². The van der Waals surface area contributed by atoms with Gasteiger partial charge in [0, 0.05) is 47.0 Å². The third kappa shape index (κ3) is 9.60. The summed E-state index contributed by atoms with van der Waals surface area (Å²) in [5.41, 5.74) is 4.81. The first kappa shape index (κ1) is 42.0. The van der Waals surface area contributed by atoms with Crippen LogP contribution in [0, 0.1) is 13.8 Å². The van der Waals surface area contributed by atoms with Crippen LogP contribution in [0.2, 0.25) is 20.1 Å². The molecule has 0 saturated carbocycles. The zero-order valence-electron chi connectivity index (χ0n) is 31.9. The van der Waals surface area contributed by atoms with E-state index in [1.54, 1.807) is 25.1 Å². The van der Waals surface area contributed by atoms with Crippen molar-refractivity contribution >= 4 is 58.3 Å². The Morgan fingerprint density at radius 3 is 1.39 bits per heavy atom. The number of nitrogens with zero attached hydrogens (tertiary/aromatic N) is 2. The van der Waals surface area contributed by atoms with Crippen LogP contribution in [0.3, 0.4) is 0 Å². The van der Waals surface area contributed by atoms with Gasteiger partial charge < -0.3 is 9.84 Å². The normalized spacial score (nSPS) is 23.2. The Bertz CT molecular complexity index is 2030.